The van der Waals surface area contributed by atoms with Gasteiger partial charge >= 0.3 is 0 Å². The molecule has 0 spiro atoms. The molecule has 0 heterocycles. The summed E-state index contributed by atoms with van der Waals surface area (Å²) in [5, 5.41) is 2.46. The summed E-state index contributed by atoms with van der Waals surface area (Å²) in [6, 6.07) is -0.0678. The zero-order valence-electron chi connectivity index (χ0n) is 10.6. The highest BCUT2D eigenvalue weighted by Crippen LogP contribution is 2.19. The van der Waals surface area contributed by atoms with E-state index in [-0.39, 0.29) is 11.5 Å². The van der Waals surface area contributed by atoms with Crippen LogP contribution in [0.5, 0.6) is 0 Å². The minimum atomic E-state index is -3.22. The highest BCUT2D eigenvalue weighted by atomic mass is 32.2. The molecule has 0 aliphatic rings. The van der Waals surface area contributed by atoms with Crippen LogP contribution in [0.1, 0.15) is 34.6 Å². The van der Waals surface area contributed by atoms with Gasteiger partial charge in [0.1, 0.15) is 0 Å². The van der Waals surface area contributed by atoms with Gasteiger partial charge in [0.15, 0.2) is 0 Å². The SMILES string of the molecule is CNCC(C)S(=O)(=O)NC(C)C(C)(C)C. The van der Waals surface area contributed by atoms with Crippen molar-refractivity contribution in [1.29, 1.82) is 0 Å². The van der Waals surface area contributed by atoms with Crippen molar-refractivity contribution in [2.24, 2.45) is 5.41 Å². The molecule has 5 heteroatoms. The van der Waals surface area contributed by atoms with Crippen LogP contribution >= 0.6 is 0 Å². The van der Waals surface area contributed by atoms with Gasteiger partial charge in [0.2, 0.25) is 10.0 Å². The first-order valence-electron chi connectivity index (χ1n) is 5.27. The predicted molar refractivity (Wildman–Crippen MR) is 64.4 cm³/mol. The summed E-state index contributed by atoms with van der Waals surface area (Å²) in [6.07, 6.45) is 0. The minimum absolute atomic E-state index is 0.0631. The lowest BCUT2D eigenvalue weighted by Gasteiger charge is -2.29. The molecule has 0 aliphatic heterocycles. The molecular formula is C10H24N2O2S. The van der Waals surface area contributed by atoms with Crippen molar-refractivity contribution in [2.45, 2.75) is 45.9 Å². The van der Waals surface area contributed by atoms with Crippen molar-refractivity contribution < 1.29 is 8.42 Å². The van der Waals surface area contributed by atoms with Gasteiger partial charge in [-0.25, -0.2) is 13.1 Å². The molecule has 92 valence electrons. The first-order chi connectivity index (χ1) is 6.61. The molecule has 0 bridgehead atoms. The van der Waals surface area contributed by atoms with E-state index in [1.165, 1.54) is 0 Å². The Hall–Kier alpha value is -0.130. The van der Waals surface area contributed by atoms with E-state index in [9.17, 15) is 8.42 Å². The van der Waals surface area contributed by atoms with E-state index in [2.05, 4.69) is 10.0 Å². The minimum Gasteiger partial charge on any atom is -0.318 e. The number of sulfonamides is 1. The van der Waals surface area contributed by atoms with Gasteiger partial charge in [0.25, 0.3) is 0 Å². The van der Waals surface area contributed by atoms with E-state index in [1.807, 2.05) is 27.7 Å². The first-order valence-corrected chi connectivity index (χ1v) is 6.81. The molecule has 0 aromatic rings. The second kappa shape index (κ2) is 5.27. The van der Waals surface area contributed by atoms with Gasteiger partial charge in [-0.15, -0.1) is 0 Å². The molecule has 0 aromatic carbocycles. The number of rotatable bonds is 5. The van der Waals surface area contributed by atoms with Crippen LogP contribution in [-0.4, -0.2) is 33.3 Å². The van der Waals surface area contributed by atoms with E-state index in [0.29, 0.717) is 6.54 Å². The van der Waals surface area contributed by atoms with Crippen molar-refractivity contribution in [3.05, 3.63) is 0 Å². The first kappa shape index (κ1) is 14.9. The summed E-state index contributed by atoms with van der Waals surface area (Å²) in [5.41, 5.74) is -0.0631. The molecule has 2 N–H and O–H groups in total. The third-order valence-electron chi connectivity index (χ3n) is 2.66. The predicted octanol–water partition coefficient (Wildman–Crippen LogP) is 0.948. The normalized spacial score (nSPS) is 17.5. The van der Waals surface area contributed by atoms with Gasteiger partial charge in [-0.05, 0) is 26.3 Å². The molecule has 15 heavy (non-hydrogen) atoms. The molecule has 0 saturated carbocycles. The number of hydrogen-bond acceptors (Lipinski definition) is 3. The topological polar surface area (TPSA) is 58.2 Å². The molecular weight excluding hydrogens is 212 g/mol. The quantitative estimate of drug-likeness (QED) is 0.747. The fraction of sp³-hybridized carbons (Fsp3) is 1.00. The van der Waals surface area contributed by atoms with E-state index in [4.69, 9.17) is 0 Å². The molecule has 0 radical (unpaired) electrons. The Morgan fingerprint density at radius 3 is 2.00 bits per heavy atom. The molecule has 0 rings (SSSR count). The van der Waals surface area contributed by atoms with Crippen molar-refractivity contribution in [3.63, 3.8) is 0 Å². The Morgan fingerprint density at radius 1 is 1.20 bits per heavy atom. The van der Waals surface area contributed by atoms with E-state index in [0.717, 1.165) is 0 Å². The lowest BCUT2D eigenvalue weighted by atomic mass is 9.89. The molecule has 4 nitrogen and oxygen atoms in total. The van der Waals surface area contributed by atoms with E-state index in [1.54, 1.807) is 14.0 Å². The van der Waals surface area contributed by atoms with Gasteiger partial charge in [0.05, 0.1) is 5.25 Å². The van der Waals surface area contributed by atoms with Gasteiger partial charge in [0, 0.05) is 12.6 Å². The fourth-order valence-corrected chi connectivity index (χ4v) is 2.40. The molecule has 0 fully saturated rings. The maximum absolute atomic E-state index is 11.8. The van der Waals surface area contributed by atoms with E-state index < -0.39 is 15.3 Å². The van der Waals surface area contributed by atoms with Crippen LogP contribution < -0.4 is 10.0 Å². The van der Waals surface area contributed by atoms with Crippen LogP contribution in [0.15, 0.2) is 0 Å². The highest BCUT2D eigenvalue weighted by Gasteiger charge is 2.27. The summed E-state index contributed by atoms with van der Waals surface area (Å²) >= 11 is 0. The molecule has 0 aromatic heterocycles. The van der Waals surface area contributed by atoms with Crippen LogP contribution in [0.4, 0.5) is 0 Å². The lowest BCUT2D eigenvalue weighted by molar-refractivity contribution is 0.317. The average Bonchev–Trinajstić information content (AvgIpc) is 2.02. The van der Waals surface area contributed by atoms with Crippen LogP contribution in [-0.2, 0) is 10.0 Å². The van der Waals surface area contributed by atoms with Crippen LogP contribution in [0.2, 0.25) is 0 Å². The maximum atomic E-state index is 11.8. The summed E-state index contributed by atoms with van der Waals surface area (Å²) in [5.74, 6) is 0. The average molecular weight is 236 g/mol. The van der Waals surface area contributed by atoms with Gasteiger partial charge in [-0.2, -0.15) is 0 Å². The van der Waals surface area contributed by atoms with Gasteiger partial charge < -0.3 is 5.32 Å². The zero-order valence-corrected chi connectivity index (χ0v) is 11.4. The zero-order chi connectivity index (χ0) is 12.3. The third-order valence-corrected chi connectivity index (χ3v) is 4.57. The lowest BCUT2D eigenvalue weighted by Crippen LogP contribution is -2.46. The van der Waals surface area contributed by atoms with Gasteiger partial charge in [-0.1, -0.05) is 20.8 Å². The Morgan fingerprint density at radius 2 is 1.67 bits per heavy atom. The standard InChI is InChI=1S/C10H24N2O2S/c1-8(7-11-6)15(13,14)12-9(2)10(3,4)5/h8-9,11-12H,7H2,1-6H3. The molecule has 0 aliphatic carbocycles. The molecule has 2 atom stereocenters. The summed E-state index contributed by atoms with van der Waals surface area (Å²) in [6.45, 7) is 10.1. The third kappa shape index (κ3) is 4.95. The Balaban J connectivity index is 4.52. The Bertz CT molecular complexity index is 280. The Labute approximate surface area is 93.9 Å². The highest BCUT2D eigenvalue weighted by molar-refractivity contribution is 7.90. The second-order valence-electron chi connectivity index (χ2n) is 5.12. The largest absolute Gasteiger partial charge is 0.318 e. The van der Waals surface area contributed by atoms with Gasteiger partial charge in [-0.3, -0.25) is 0 Å². The monoisotopic (exact) mass is 236 g/mol. The summed E-state index contributed by atoms with van der Waals surface area (Å²) < 4.78 is 26.4. The van der Waals surface area contributed by atoms with Crippen LogP contribution in [0.3, 0.4) is 0 Å². The maximum Gasteiger partial charge on any atom is 0.215 e. The van der Waals surface area contributed by atoms with Crippen molar-refractivity contribution >= 4 is 10.0 Å². The summed E-state index contributed by atoms with van der Waals surface area (Å²) in [4.78, 5) is 0. The van der Waals surface area contributed by atoms with Crippen molar-refractivity contribution in [1.82, 2.24) is 10.0 Å². The second-order valence-corrected chi connectivity index (χ2v) is 7.25. The summed E-state index contributed by atoms with van der Waals surface area (Å²) in [7, 11) is -1.47. The smallest absolute Gasteiger partial charge is 0.215 e. The fourth-order valence-electron chi connectivity index (χ4n) is 0.936. The number of hydrogen-bond donors (Lipinski definition) is 2. The molecule has 0 saturated heterocycles. The van der Waals surface area contributed by atoms with Crippen molar-refractivity contribution in [2.75, 3.05) is 13.6 Å². The number of nitrogens with one attached hydrogen (secondary N) is 2. The van der Waals surface area contributed by atoms with Crippen molar-refractivity contribution in [3.8, 4) is 0 Å². The van der Waals surface area contributed by atoms with Crippen LogP contribution in [0.25, 0.3) is 0 Å². The van der Waals surface area contributed by atoms with E-state index >= 15 is 0 Å². The molecule has 2 unspecified atom stereocenters. The Kier molecular flexibility index (Phi) is 5.23. The van der Waals surface area contributed by atoms with Crippen LogP contribution in [0, 0.1) is 5.41 Å². The molecule has 0 amide bonds.